The Morgan fingerprint density at radius 2 is 1.84 bits per heavy atom. The van der Waals surface area contributed by atoms with Crippen LogP contribution in [0, 0.1) is 5.82 Å². The molecule has 32 heavy (non-hydrogen) atoms. The Morgan fingerprint density at radius 3 is 2.66 bits per heavy atom. The maximum absolute atomic E-state index is 13.1. The number of aromatic nitrogens is 3. The molecule has 0 bridgehead atoms. The van der Waals surface area contributed by atoms with E-state index in [4.69, 9.17) is 0 Å². The number of anilines is 1. The number of aryl methyl sites for hydroxylation is 1. The van der Waals surface area contributed by atoms with Crippen molar-refractivity contribution in [1.82, 2.24) is 20.1 Å². The minimum Gasteiger partial charge on any atom is -0.351 e. The van der Waals surface area contributed by atoms with Crippen molar-refractivity contribution >= 4 is 28.4 Å². The largest absolute Gasteiger partial charge is 0.351 e. The van der Waals surface area contributed by atoms with Gasteiger partial charge in [0.2, 0.25) is 5.91 Å². The molecule has 2 aromatic carbocycles. The highest BCUT2D eigenvalue weighted by Crippen LogP contribution is 2.21. The van der Waals surface area contributed by atoms with E-state index in [9.17, 15) is 14.0 Å². The number of rotatable bonds is 7. The normalized spacial score (nSPS) is 10.8. The van der Waals surface area contributed by atoms with E-state index < -0.39 is 0 Å². The van der Waals surface area contributed by atoms with Gasteiger partial charge in [-0.15, -0.1) is 0 Å². The fourth-order valence-corrected chi connectivity index (χ4v) is 3.40. The molecule has 0 spiro atoms. The second-order valence-electron chi connectivity index (χ2n) is 7.33. The molecule has 162 valence electrons. The summed E-state index contributed by atoms with van der Waals surface area (Å²) >= 11 is 0. The maximum Gasteiger partial charge on any atom is 0.269 e. The molecule has 0 aliphatic rings. The lowest BCUT2D eigenvalue weighted by Crippen LogP contribution is -2.27. The number of carbonyl (C=O) groups is 2. The van der Waals surface area contributed by atoms with Crippen molar-refractivity contribution in [2.45, 2.75) is 12.8 Å². The first kappa shape index (κ1) is 21.2. The van der Waals surface area contributed by atoms with Crippen LogP contribution >= 0.6 is 0 Å². The van der Waals surface area contributed by atoms with Crippen molar-refractivity contribution in [3.8, 4) is 11.3 Å². The van der Waals surface area contributed by atoms with Gasteiger partial charge in [0.25, 0.3) is 5.91 Å². The summed E-state index contributed by atoms with van der Waals surface area (Å²) < 4.78 is 14.6. The quantitative estimate of drug-likeness (QED) is 0.434. The van der Waals surface area contributed by atoms with Crippen LogP contribution in [-0.2, 0) is 11.8 Å². The van der Waals surface area contributed by atoms with Gasteiger partial charge in [-0.05, 0) is 48.9 Å². The number of nitrogens with one attached hydrogen (secondary N) is 2. The molecule has 0 aliphatic heterocycles. The van der Waals surface area contributed by atoms with Crippen LogP contribution < -0.4 is 10.6 Å². The Hall–Kier alpha value is -4.07. The number of carbonyl (C=O) groups excluding carboxylic acids is 2. The average molecular weight is 431 g/mol. The van der Waals surface area contributed by atoms with Crippen LogP contribution in [0.25, 0.3) is 22.2 Å². The van der Waals surface area contributed by atoms with E-state index in [0.29, 0.717) is 30.0 Å². The molecule has 0 atom stereocenters. The van der Waals surface area contributed by atoms with Gasteiger partial charge in [-0.1, -0.05) is 18.2 Å². The molecule has 7 nitrogen and oxygen atoms in total. The van der Waals surface area contributed by atoms with Crippen LogP contribution in [-0.4, -0.2) is 33.1 Å². The molecule has 2 amide bonds. The fourth-order valence-electron chi connectivity index (χ4n) is 3.40. The Kier molecular flexibility index (Phi) is 6.21. The first-order chi connectivity index (χ1) is 15.5. The molecular weight excluding hydrogens is 409 g/mol. The second-order valence-corrected chi connectivity index (χ2v) is 7.33. The van der Waals surface area contributed by atoms with Crippen LogP contribution in [0.5, 0.6) is 0 Å². The molecule has 4 rings (SSSR count). The van der Waals surface area contributed by atoms with E-state index in [1.54, 1.807) is 31.4 Å². The minimum atomic E-state index is -0.330. The summed E-state index contributed by atoms with van der Waals surface area (Å²) in [5.74, 6) is -0.757. The molecule has 8 heteroatoms. The Morgan fingerprint density at radius 1 is 1.06 bits per heavy atom. The Labute approximate surface area is 184 Å². The Bertz CT molecular complexity index is 1260. The van der Waals surface area contributed by atoms with Gasteiger partial charge in [0, 0.05) is 37.2 Å². The molecule has 0 aliphatic carbocycles. The number of halogens is 1. The van der Waals surface area contributed by atoms with E-state index >= 15 is 0 Å². The van der Waals surface area contributed by atoms with Crippen molar-refractivity contribution in [1.29, 1.82) is 0 Å². The Balaban J connectivity index is 1.29. The van der Waals surface area contributed by atoms with Crippen molar-refractivity contribution < 1.29 is 14.0 Å². The van der Waals surface area contributed by atoms with Crippen molar-refractivity contribution in [3.05, 3.63) is 78.4 Å². The van der Waals surface area contributed by atoms with Crippen LogP contribution in [0.3, 0.4) is 0 Å². The zero-order valence-electron chi connectivity index (χ0n) is 17.5. The van der Waals surface area contributed by atoms with Crippen LogP contribution in [0.15, 0.2) is 66.9 Å². The third-order valence-corrected chi connectivity index (χ3v) is 5.03. The third-order valence-electron chi connectivity index (χ3n) is 5.03. The smallest absolute Gasteiger partial charge is 0.269 e. The van der Waals surface area contributed by atoms with Gasteiger partial charge in [0.1, 0.15) is 11.5 Å². The third kappa shape index (κ3) is 4.80. The first-order valence-corrected chi connectivity index (χ1v) is 10.2. The molecule has 0 fully saturated rings. The second kappa shape index (κ2) is 9.38. The number of benzene rings is 2. The summed E-state index contributed by atoms with van der Waals surface area (Å²) in [5.41, 5.74) is 3.10. The first-order valence-electron chi connectivity index (χ1n) is 10.2. The number of nitrogens with zero attached hydrogens (tertiary/aromatic N) is 3. The summed E-state index contributed by atoms with van der Waals surface area (Å²) in [4.78, 5) is 29.1. The zero-order valence-corrected chi connectivity index (χ0v) is 17.5. The zero-order chi connectivity index (χ0) is 22.5. The van der Waals surface area contributed by atoms with Crippen molar-refractivity contribution in [2.75, 3.05) is 11.9 Å². The highest BCUT2D eigenvalue weighted by molar-refractivity contribution is 6.00. The van der Waals surface area contributed by atoms with Crippen molar-refractivity contribution in [2.24, 2.45) is 7.05 Å². The van der Waals surface area contributed by atoms with E-state index in [2.05, 4.69) is 20.7 Å². The minimum absolute atomic E-state index is 0.142. The summed E-state index contributed by atoms with van der Waals surface area (Å²) in [6, 6.07) is 17.0. The summed E-state index contributed by atoms with van der Waals surface area (Å²) in [7, 11) is 1.67. The lowest BCUT2D eigenvalue weighted by molar-refractivity contribution is -0.116. The highest BCUT2D eigenvalue weighted by atomic mass is 19.1. The van der Waals surface area contributed by atoms with Crippen LogP contribution in [0.1, 0.15) is 23.3 Å². The molecule has 0 saturated carbocycles. The summed E-state index contributed by atoms with van der Waals surface area (Å²) in [6.07, 6.45) is 2.43. The molecule has 2 heterocycles. The van der Waals surface area contributed by atoms with Gasteiger partial charge >= 0.3 is 0 Å². The number of pyridine rings is 1. The van der Waals surface area contributed by atoms with Crippen molar-refractivity contribution in [3.63, 3.8) is 0 Å². The van der Waals surface area contributed by atoms with Gasteiger partial charge in [-0.2, -0.15) is 5.10 Å². The average Bonchev–Trinajstić information content (AvgIpc) is 3.19. The molecule has 0 radical (unpaired) electrons. The molecule has 2 N–H and O–H groups in total. The number of para-hydroxylation sites is 1. The fraction of sp³-hybridized carbons (Fsp3) is 0.167. The van der Waals surface area contributed by atoms with Crippen LogP contribution in [0.4, 0.5) is 10.1 Å². The van der Waals surface area contributed by atoms with E-state index in [1.807, 2.05) is 30.3 Å². The topological polar surface area (TPSA) is 88.9 Å². The lowest BCUT2D eigenvalue weighted by atomic mass is 10.1. The van der Waals surface area contributed by atoms with E-state index in [1.165, 1.54) is 16.8 Å². The number of hydrogen-bond donors (Lipinski definition) is 2. The molecule has 0 saturated heterocycles. The van der Waals surface area contributed by atoms with E-state index in [0.717, 1.165) is 16.5 Å². The molecule has 0 unspecified atom stereocenters. The van der Waals surface area contributed by atoms with Gasteiger partial charge < -0.3 is 10.6 Å². The maximum atomic E-state index is 13.1. The predicted octanol–water partition coefficient (Wildman–Crippen LogP) is 3.92. The highest BCUT2D eigenvalue weighted by Gasteiger charge is 2.14. The van der Waals surface area contributed by atoms with Gasteiger partial charge in [-0.25, -0.2) is 4.39 Å². The van der Waals surface area contributed by atoms with Gasteiger partial charge in [0.05, 0.1) is 16.9 Å². The number of hydrogen-bond acceptors (Lipinski definition) is 4. The summed E-state index contributed by atoms with van der Waals surface area (Å²) in [5, 5.41) is 11.0. The molecule has 4 aromatic rings. The van der Waals surface area contributed by atoms with Crippen LogP contribution in [0.2, 0.25) is 0 Å². The molecule has 2 aromatic heterocycles. The van der Waals surface area contributed by atoms with Gasteiger partial charge in [0.15, 0.2) is 0 Å². The number of amides is 2. The SMILES string of the molecule is Cn1nc(-c2ccc(F)cc2)cc1C(=O)NCCCC(=O)Nc1cccc2cccnc12. The lowest BCUT2D eigenvalue weighted by Gasteiger charge is -2.08. The monoisotopic (exact) mass is 431 g/mol. The predicted molar refractivity (Wildman–Crippen MR) is 121 cm³/mol. The van der Waals surface area contributed by atoms with E-state index in [-0.39, 0.29) is 24.1 Å². The van der Waals surface area contributed by atoms with Gasteiger partial charge in [-0.3, -0.25) is 19.3 Å². The standard InChI is InChI=1S/C24H22FN5O2/c1-30-21(15-20(29-30)16-9-11-18(25)12-10-16)24(32)27-14-4-8-22(31)28-19-7-2-5-17-6-3-13-26-23(17)19/h2-3,5-7,9-13,15H,4,8,14H2,1H3,(H,27,32)(H,28,31). The number of fused-ring (bicyclic) bond motifs is 1. The summed E-state index contributed by atoms with van der Waals surface area (Å²) in [6.45, 7) is 0.344. The molecular formula is C24H22FN5O2.